The van der Waals surface area contributed by atoms with Crippen LogP contribution in [0.5, 0.6) is 5.75 Å². The Hall–Kier alpha value is -2.85. The summed E-state index contributed by atoms with van der Waals surface area (Å²) in [6.07, 6.45) is -7.20. The molecule has 5 nitrogen and oxygen atoms in total. The monoisotopic (exact) mass is 348 g/mol. The fourth-order valence-electron chi connectivity index (χ4n) is 1.98. The summed E-state index contributed by atoms with van der Waals surface area (Å²) in [5, 5.41) is 6.35. The summed E-state index contributed by atoms with van der Waals surface area (Å²) >= 11 is 0. The van der Waals surface area contributed by atoms with Gasteiger partial charge in [-0.05, 0) is 17.7 Å². The molecule has 0 N–H and O–H groups in total. The minimum Gasteiger partial charge on any atom is -0.406 e. The van der Waals surface area contributed by atoms with Gasteiger partial charge in [0.05, 0.1) is 0 Å². The largest absolute Gasteiger partial charge is 0.573 e. The van der Waals surface area contributed by atoms with E-state index in [2.05, 4.69) is 19.9 Å². The summed E-state index contributed by atoms with van der Waals surface area (Å²) in [6, 6.07) is 4.62. The molecule has 0 saturated carbocycles. The lowest BCUT2D eigenvalue weighted by atomic mass is 10.1. The van der Waals surface area contributed by atoms with Crippen molar-refractivity contribution in [2.24, 2.45) is 0 Å². The van der Waals surface area contributed by atoms with E-state index in [1.807, 2.05) is 0 Å². The fraction of sp³-hybridized carbons (Fsp3) is 0.154. The molecule has 0 spiro atoms. The van der Waals surface area contributed by atoms with Gasteiger partial charge in [-0.15, -0.1) is 23.4 Å². The molecule has 0 fully saturated rings. The van der Waals surface area contributed by atoms with Crippen LogP contribution >= 0.6 is 0 Å². The quantitative estimate of drug-likeness (QED) is 0.663. The lowest BCUT2D eigenvalue weighted by molar-refractivity contribution is -0.274. The number of halogens is 6. The van der Waals surface area contributed by atoms with Gasteiger partial charge in [0.1, 0.15) is 5.75 Å². The van der Waals surface area contributed by atoms with Crippen molar-refractivity contribution in [3.63, 3.8) is 0 Å². The Labute approximate surface area is 129 Å². The maximum absolute atomic E-state index is 12.8. The van der Waals surface area contributed by atoms with E-state index in [-0.39, 0.29) is 11.3 Å². The number of hydrogen-bond donors (Lipinski definition) is 0. The van der Waals surface area contributed by atoms with Crippen LogP contribution in [0.1, 0.15) is 5.82 Å². The van der Waals surface area contributed by atoms with Gasteiger partial charge in [0.15, 0.2) is 0 Å². The highest BCUT2D eigenvalue weighted by Crippen LogP contribution is 2.30. The van der Waals surface area contributed by atoms with E-state index in [0.29, 0.717) is 9.96 Å². The second-order valence-electron chi connectivity index (χ2n) is 4.61. The summed E-state index contributed by atoms with van der Waals surface area (Å²) < 4.78 is 79.2. The molecule has 24 heavy (non-hydrogen) atoms. The van der Waals surface area contributed by atoms with Crippen molar-refractivity contribution in [1.29, 1.82) is 0 Å². The third kappa shape index (κ3) is 3.24. The maximum Gasteiger partial charge on any atom is 0.573 e. The van der Waals surface area contributed by atoms with Crippen molar-refractivity contribution in [1.82, 2.24) is 19.6 Å². The number of ether oxygens (including phenoxy) is 1. The highest BCUT2D eigenvalue weighted by Gasteiger charge is 2.37. The number of rotatable bonds is 2. The maximum atomic E-state index is 12.8. The van der Waals surface area contributed by atoms with Gasteiger partial charge in [0.2, 0.25) is 5.82 Å². The zero-order valence-corrected chi connectivity index (χ0v) is 11.4. The summed E-state index contributed by atoms with van der Waals surface area (Å²) in [5.41, 5.74) is 0.590. The molecule has 0 aliphatic heterocycles. The van der Waals surface area contributed by atoms with E-state index in [9.17, 15) is 26.3 Å². The first-order valence-corrected chi connectivity index (χ1v) is 6.28. The molecule has 0 atom stereocenters. The van der Waals surface area contributed by atoms with Crippen LogP contribution in [-0.2, 0) is 6.18 Å². The van der Waals surface area contributed by atoms with Crippen LogP contribution < -0.4 is 4.74 Å². The van der Waals surface area contributed by atoms with E-state index in [4.69, 9.17) is 0 Å². The number of hydrogen-bond acceptors (Lipinski definition) is 4. The minimum atomic E-state index is -4.83. The minimum absolute atomic E-state index is 0.242. The molecule has 126 valence electrons. The van der Waals surface area contributed by atoms with Gasteiger partial charge in [-0.3, -0.25) is 4.40 Å². The second kappa shape index (κ2) is 5.35. The van der Waals surface area contributed by atoms with E-state index < -0.39 is 24.1 Å². The standard InChI is InChI=1S/C13H6F6N4O/c14-12(15,16)10-21-22-11-20-5-8(6-23(10)11)7-1-3-9(4-2-7)24-13(17,18)19/h1-6H. The molecule has 1 aromatic carbocycles. The summed E-state index contributed by atoms with van der Waals surface area (Å²) in [6.45, 7) is 0. The van der Waals surface area contributed by atoms with Gasteiger partial charge in [0.25, 0.3) is 5.78 Å². The SMILES string of the molecule is FC(F)(F)Oc1ccc(-c2cnc3nnc(C(F)(F)F)n3c2)cc1. The van der Waals surface area contributed by atoms with E-state index >= 15 is 0 Å². The molecule has 2 heterocycles. The molecule has 0 unspecified atom stereocenters. The third-order valence-corrected chi connectivity index (χ3v) is 2.94. The Balaban J connectivity index is 1.97. The summed E-state index contributed by atoms with van der Waals surface area (Å²) in [5.74, 6) is -1.94. The molecule has 0 saturated heterocycles. The number of nitrogens with zero attached hydrogens (tertiary/aromatic N) is 4. The molecule has 0 aliphatic rings. The zero-order chi connectivity index (χ0) is 17.5. The second-order valence-corrected chi connectivity index (χ2v) is 4.61. The predicted molar refractivity (Wildman–Crippen MR) is 67.9 cm³/mol. The topological polar surface area (TPSA) is 52.3 Å². The Bertz CT molecular complexity index is 869. The van der Waals surface area contributed by atoms with Crippen LogP contribution in [0.25, 0.3) is 16.9 Å². The highest BCUT2D eigenvalue weighted by molar-refractivity contribution is 5.63. The number of fused-ring (bicyclic) bond motifs is 1. The fourth-order valence-corrected chi connectivity index (χ4v) is 1.98. The average Bonchev–Trinajstić information content (AvgIpc) is 2.89. The van der Waals surface area contributed by atoms with Gasteiger partial charge in [0, 0.05) is 18.0 Å². The number of benzene rings is 1. The molecule has 3 rings (SSSR count). The summed E-state index contributed by atoms with van der Waals surface area (Å²) in [4.78, 5) is 3.75. The first-order valence-electron chi connectivity index (χ1n) is 6.28. The summed E-state index contributed by atoms with van der Waals surface area (Å²) in [7, 11) is 0. The van der Waals surface area contributed by atoms with Crippen LogP contribution in [0.3, 0.4) is 0 Å². The Morgan fingerprint density at radius 1 is 0.875 bits per heavy atom. The Morgan fingerprint density at radius 3 is 2.12 bits per heavy atom. The number of aromatic nitrogens is 4. The molecule has 0 bridgehead atoms. The number of alkyl halides is 6. The molecule has 0 radical (unpaired) electrons. The third-order valence-electron chi connectivity index (χ3n) is 2.94. The van der Waals surface area contributed by atoms with Crippen molar-refractivity contribution in [3.05, 3.63) is 42.5 Å². The normalized spacial score (nSPS) is 12.6. The van der Waals surface area contributed by atoms with Gasteiger partial charge in [-0.25, -0.2) is 4.98 Å². The zero-order valence-electron chi connectivity index (χ0n) is 11.4. The van der Waals surface area contributed by atoms with Crippen molar-refractivity contribution < 1.29 is 31.1 Å². The van der Waals surface area contributed by atoms with Crippen molar-refractivity contribution in [2.75, 3.05) is 0 Å². The van der Waals surface area contributed by atoms with E-state index in [0.717, 1.165) is 18.3 Å². The first-order chi connectivity index (χ1) is 11.1. The van der Waals surface area contributed by atoms with E-state index in [1.165, 1.54) is 18.3 Å². The van der Waals surface area contributed by atoms with Gasteiger partial charge < -0.3 is 4.74 Å². The molecular formula is C13H6F6N4O. The molecular weight excluding hydrogens is 342 g/mol. The van der Waals surface area contributed by atoms with Gasteiger partial charge >= 0.3 is 12.5 Å². The molecule has 11 heteroatoms. The van der Waals surface area contributed by atoms with Crippen LogP contribution in [0.4, 0.5) is 26.3 Å². The van der Waals surface area contributed by atoms with Crippen LogP contribution in [-0.4, -0.2) is 25.9 Å². The van der Waals surface area contributed by atoms with Crippen molar-refractivity contribution in [2.45, 2.75) is 12.5 Å². The first kappa shape index (κ1) is 16.0. The van der Waals surface area contributed by atoms with Crippen LogP contribution in [0.2, 0.25) is 0 Å². The predicted octanol–water partition coefficient (Wildman–Crippen LogP) is 3.71. The van der Waals surface area contributed by atoms with Gasteiger partial charge in [-0.1, -0.05) is 12.1 Å². The van der Waals surface area contributed by atoms with Crippen molar-refractivity contribution >= 4 is 5.78 Å². The van der Waals surface area contributed by atoms with E-state index in [1.54, 1.807) is 0 Å². The van der Waals surface area contributed by atoms with Crippen molar-refractivity contribution in [3.8, 4) is 16.9 Å². The highest BCUT2D eigenvalue weighted by atomic mass is 19.4. The van der Waals surface area contributed by atoms with Crippen LogP contribution in [0.15, 0.2) is 36.7 Å². The lowest BCUT2D eigenvalue weighted by Crippen LogP contribution is -2.16. The molecule has 2 aromatic heterocycles. The van der Waals surface area contributed by atoms with Gasteiger partial charge in [-0.2, -0.15) is 13.2 Å². The average molecular weight is 348 g/mol. The Morgan fingerprint density at radius 2 is 1.54 bits per heavy atom. The molecule has 0 aliphatic carbocycles. The Kier molecular flexibility index (Phi) is 3.57. The molecule has 0 amide bonds. The van der Waals surface area contributed by atoms with Crippen LogP contribution in [0, 0.1) is 0 Å². The lowest BCUT2D eigenvalue weighted by Gasteiger charge is -2.09. The molecule has 3 aromatic rings. The smallest absolute Gasteiger partial charge is 0.406 e.